The van der Waals surface area contributed by atoms with E-state index in [1.54, 1.807) is 6.92 Å². The first-order valence-electron chi connectivity index (χ1n) is 5.74. The topological polar surface area (TPSA) is 55.5 Å². The second kappa shape index (κ2) is 5.17. The van der Waals surface area contributed by atoms with Crippen LogP contribution in [0.25, 0.3) is 10.8 Å². The molecule has 0 saturated carbocycles. The van der Waals surface area contributed by atoms with Crippen LogP contribution in [0.1, 0.15) is 12.5 Å². The van der Waals surface area contributed by atoms with Crippen LogP contribution in [0, 0.1) is 0 Å². The minimum atomic E-state index is -0.480. The van der Waals surface area contributed by atoms with E-state index in [1.807, 2.05) is 36.4 Å². The SMILES string of the molecule is CC(O)COc1ccc2ccccc2c1CN. The van der Waals surface area contributed by atoms with Gasteiger partial charge in [-0.05, 0) is 23.8 Å². The number of aliphatic hydroxyl groups is 1. The minimum Gasteiger partial charge on any atom is -0.491 e. The summed E-state index contributed by atoms with van der Waals surface area (Å²) >= 11 is 0. The maximum absolute atomic E-state index is 9.23. The smallest absolute Gasteiger partial charge is 0.124 e. The van der Waals surface area contributed by atoms with Crippen molar-refractivity contribution in [3.63, 3.8) is 0 Å². The van der Waals surface area contributed by atoms with Crippen molar-refractivity contribution in [2.24, 2.45) is 5.73 Å². The van der Waals surface area contributed by atoms with Gasteiger partial charge in [-0.15, -0.1) is 0 Å². The molecule has 0 heterocycles. The molecule has 2 aromatic carbocycles. The Bertz CT molecular complexity index is 509. The lowest BCUT2D eigenvalue weighted by Crippen LogP contribution is -2.14. The van der Waals surface area contributed by atoms with Crippen molar-refractivity contribution >= 4 is 10.8 Å². The molecule has 2 aromatic rings. The Kier molecular flexibility index (Phi) is 3.61. The highest BCUT2D eigenvalue weighted by Gasteiger charge is 2.08. The number of hydrogen-bond acceptors (Lipinski definition) is 3. The van der Waals surface area contributed by atoms with Gasteiger partial charge >= 0.3 is 0 Å². The van der Waals surface area contributed by atoms with E-state index in [2.05, 4.69) is 0 Å². The van der Waals surface area contributed by atoms with E-state index in [0.717, 1.165) is 22.1 Å². The van der Waals surface area contributed by atoms with Crippen molar-refractivity contribution in [2.75, 3.05) is 6.61 Å². The number of ether oxygens (including phenoxy) is 1. The quantitative estimate of drug-likeness (QED) is 0.846. The molecule has 2 rings (SSSR count). The van der Waals surface area contributed by atoms with Crippen LogP contribution in [0.5, 0.6) is 5.75 Å². The second-order valence-corrected chi connectivity index (χ2v) is 4.13. The van der Waals surface area contributed by atoms with E-state index in [9.17, 15) is 5.11 Å². The average molecular weight is 231 g/mol. The van der Waals surface area contributed by atoms with Gasteiger partial charge in [-0.25, -0.2) is 0 Å². The number of fused-ring (bicyclic) bond motifs is 1. The number of aliphatic hydroxyl groups excluding tert-OH is 1. The summed E-state index contributed by atoms with van der Waals surface area (Å²) in [5.74, 6) is 0.757. The van der Waals surface area contributed by atoms with Gasteiger partial charge in [-0.2, -0.15) is 0 Å². The monoisotopic (exact) mass is 231 g/mol. The molecule has 3 heteroatoms. The Balaban J connectivity index is 2.42. The Labute approximate surface area is 101 Å². The highest BCUT2D eigenvalue weighted by molar-refractivity contribution is 5.87. The van der Waals surface area contributed by atoms with Gasteiger partial charge in [0.05, 0.1) is 6.10 Å². The first kappa shape index (κ1) is 11.9. The molecule has 1 atom stereocenters. The molecule has 0 fully saturated rings. The molecule has 90 valence electrons. The molecule has 0 aromatic heterocycles. The maximum Gasteiger partial charge on any atom is 0.124 e. The molecule has 0 amide bonds. The van der Waals surface area contributed by atoms with Crippen molar-refractivity contribution in [1.29, 1.82) is 0 Å². The molecule has 0 aliphatic carbocycles. The second-order valence-electron chi connectivity index (χ2n) is 4.13. The number of nitrogens with two attached hydrogens (primary N) is 1. The standard InChI is InChI=1S/C14H17NO2/c1-10(16)9-17-14-7-6-11-4-2-3-5-12(11)13(14)8-15/h2-7,10,16H,8-9,15H2,1H3. The van der Waals surface area contributed by atoms with Gasteiger partial charge in [0.15, 0.2) is 0 Å². The summed E-state index contributed by atoms with van der Waals surface area (Å²) in [4.78, 5) is 0. The van der Waals surface area contributed by atoms with E-state index in [1.165, 1.54) is 0 Å². The highest BCUT2D eigenvalue weighted by atomic mass is 16.5. The van der Waals surface area contributed by atoms with E-state index >= 15 is 0 Å². The van der Waals surface area contributed by atoms with Crippen LogP contribution in [0.4, 0.5) is 0 Å². The molecule has 0 bridgehead atoms. The predicted molar refractivity (Wildman–Crippen MR) is 69.0 cm³/mol. The molecule has 0 radical (unpaired) electrons. The van der Waals surface area contributed by atoms with Crippen LogP contribution < -0.4 is 10.5 Å². The Morgan fingerprint density at radius 3 is 2.71 bits per heavy atom. The molecule has 17 heavy (non-hydrogen) atoms. The molecule has 0 saturated heterocycles. The summed E-state index contributed by atoms with van der Waals surface area (Å²) in [6.45, 7) is 2.41. The van der Waals surface area contributed by atoms with E-state index < -0.39 is 6.10 Å². The van der Waals surface area contributed by atoms with Crippen molar-refractivity contribution < 1.29 is 9.84 Å². The lowest BCUT2D eigenvalue weighted by Gasteiger charge is -2.14. The highest BCUT2D eigenvalue weighted by Crippen LogP contribution is 2.27. The summed E-state index contributed by atoms with van der Waals surface area (Å²) in [5.41, 5.74) is 6.77. The van der Waals surface area contributed by atoms with E-state index in [4.69, 9.17) is 10.5 Å². The lowest BCUT2D eigenvalue weighted by atomic mass is 10.0. The minimum absolute atomic E-state index is 0.283. The molecule has 0 aliphatic rings. The van der Waals surface area contributed by atoms with Gasteiger partial charge in [-0.3, -0.25) is 0 Å². The Hall–Kier alpha value is -1.58. The molecule has 3 nitrogen and oxygen atoms in total. The number of rotatable bonds is 4. The zero-order chi connectivity index (χ0) is 12.3. The molecule has 0 spiro atoms. The first-order valence-corrected chi connectivity index (χ1v) is 5.74. The summed E-state index contributed by atoms with van der Waals surface area (Å²) in [6.07, 6.45) is -0.480. The van der Waals surface area contributed by atoms with Crippen LogP contribution in [0.3, 0.4) is 0 Å². The normalized spacial score (nSPS) is 12.6. The zero-order valence-electron chi connectivity index (χ0n) is 9.89. The van der Waals surface area contributed by atoms with Crippen molar-refractivity contribution in [2.45, 2.75) is 19.6 Å². The van der Waals surface area contributed by atoms with Crippen molar-refractivity contribution in [3.05, 3.63) is 42.0 Å². The summed E-state index contributed by atoms with van der Waals surface area (Å²) in [6, 6.07) is 12.0. The van der Waals surface area contributed by atoms with Gasteiger partial charge in [0, 0.05) is 12.1 Å². The van der Waals surface area contributed by atoms with E-state index in [0.29, 0.717) is 6.54 Å². The molecule has 0 aliphatic heterocycles. The first-order chi connectivity index (χ1) is 8.22. The largest absolute Gasteiger partial charge is 0.491 e. The van der Waals surface area contributed by atoms with Crippen LogP contribution in [0.15, 0.2) is 36.4 Å². The number of hydrogen-bond donors (Lipinski definition) is 2. The fraction of sp³-hybridized carbons (Fsp3) is 0.286. The summed E-state index contributed by atoms with van der Waals surface area (Å²) < 4.78 is 5.57. The molecular weight excluding hydrogens is 214 g/mol. The average Bonchev–Trinajstić information content (AvgIpc) is 2.35. The Morgan fingerprint density at radius 2 is 2.00 bits per heavy atom. The Morgan fingerprint density at radius 1 is 1.24 bits per heavy atom. The third-order valence-electron chi connectivity index (χ3n) is 2.68. The van der Waals surface area contributed by atoms with Gasteiger partial charge in [0.25, 0.3) is 0 Å². The van der Waals surface area contributed by atoms with Crippen molar-refractivity contribution in [1.82, 2.24) is 0 Å². The summed E-state index contributed by atoms with van der Waals surface area (Å²) in [7, 11) is 0. The predicted octanol–water partition coefficient (Wildman–Crippen LogP) is 2.06. The van der Waals surface area contributed by atoms with Crippen LogP contribution in [-0.2, 0) is 6.54 Å². The molecular formula is C14H17NO2. The summed E-state index contributed by atoms with van der Waals surface area (Å²) in [5, 5.41) is 11.5. The number of benzene rings is 2. The van der Waals surface area contributed by atoms with Gasteiger partial charge in [-0.1, -0.05) is 30.3 Å². The van der Waals surface area contributed by atoms with Crippen LogP contribution in [0.2, 0.25) is 0 Å². The maximum atomic E-state index is 9.23. The third kappa shape index (κ3) is 2.57. The zero-order valence-corrected chi connectivity index (χ0v) is 9.89. The fourth-order valence-corrected chi connectivity index (χ4v) is 1.87. The fourth-order valence-electron chi connectivity index (χ4n) is 1.87. The van der Waals surface area contributed by atoms with Gasteiger partial charge < -0.3 is 15.6 Å². The van der Waals surface area contributed by atoms with Gasteiger partial charge in [0.2, 0.25) is 0 Å². The third-order valence-corrected chi connectivity index (χ3v) is 2.68. The molecule has 1 unspecified atom stereocenters. The van der Waals surface area contributed by atoms with Crippen LogP contribution in [-0.4, -0.2) is 17.8 Å². The van der Waals surface area contributed by atoms with Crippen LogP contribution >= 0.6 is 0 Å². The lowest BCUT2D eigenvalue weighted by molar-refractivity contribution is 0.122. The van der Waals surface area contributed by atoms with Crippen molar-refractivity contribution in [3.8, 4) is 5.75 Å². The molecule has 3 N–H and O–H groups in total. The van der Waals surface area contributed by atoms with E-state index in [-0.39, 0.29) is 6.61 Å². The van der Waals surface area contributed by atoms with Gasteiger partial charge in [0.1, 0.15) is 12.4 Å².